The zero-order chi connectivity index (χ0) is 23.7. The topological polar surface area (TPSA) is 94.4 Å². The van der Waals surface area contributed by atoms with Gasteiger partial charge in [0.1, 0.15) is 5.69 Å². The molecule has 0 bridgehead atoms. The van der Waals surface area contributed by atoms with E-state index in [4.69, 9.17) is 21.1 Å². The zero-order valence-electron chi connectivity index (χ0n) is 18.8. The number of nitrogens with one attached hydrogen (secondary N) is 1. The second kappa shape index (κ2) is 9.28. The van der Waals surface area contributed by atoms with Crippen molar-refractivity contribution in [2.45, 2.75) is 0 Å². The standard InChI is InChI=1S/C24H23ClN6O3/c1-30-14-26-19-17(4-3-5-18(19)30)20-22(25)29-23(21(28-20)24(32)33-2)27-15-6-8-16(9-7-15)31-10-12-34-13-11-31/h3-9,14H,10-13H2,1-2H3,(H,27,29). The number of rotatable bonds is 5. The quantitative estimate of drug-likeness (QED) is 0.429. The van der Waals surface area contributed by atoms with Gasteiger partial charge in [0.15, 0.2) is 16.7 Å². The van der Waals surface area contributed by atoms with Crippen LogP contribution >= 0.6 is 11.6 Å². The summed E-state index contributed by atoms with van der Waals surface area (Å²) in [4.78, 5) is 28.3. The number of aryl methyl sites for hydroxylation is 1. The number of nitrogens with zero attached hydrogens (tertiary/aromatic N) is 5. The minimum absolute atomic E-state index is 0.0343. The van der Waals surface area contributed by atoms with E-state index in [2.05, 4.69) is 25.2 Å². The van der Waals surface area contributed by atoms with Crippen LogP contribution in [0, 0.1) is 0 Å². The number of morpholine rings is 1. The number of hydrogen-bond acceptors (Lipinski definition) is 8. The Hall–Kier alpha value is -3.69. The number of ether oxygens (including phenoxy) is 2. The first kappa shape index (κ1) is 22.1. The third-order valence-electron chi connectivity index (χ3n) is 5.75. The number of hydrogen-bond donors (Lipinski definition) is 1. The van der Waals surface area contributed by atoms with Gasteiger partial charge in [0.05, 0.1) is 37.7 Å². The largest absolute Gasteiger partial charge is 0.464 e. The Morgan fingerprint density at radius 2 is 1.88 bits per heavy atom. The van der Waals surface area contributed by atoms with Crippen molar-refractivity contribution < 1.29 is 14.3 Å². The highest BCUT2D eigenvalue weighted by molar-refractivity contribution is 6.32. The number of esters is 1. The molecule has 4 aromatic rings. The molecule has 34 heavy (non-hydrogen) atoms. The summed E-state index contributed by atoms with van der Waals surface area (Å²) in [5.41, 5.74) is 4.56. The first-order valence-corrected chi connectivity index (χ1v) is 11.2. The van der Waals surface area contributed by atoms with Gasteiger partial charge in [0, 0.05) is 37.1 Å². The molecule has 1 N–H and O–H groups in total. The van der Waals surface area contributed by atoms with E-state index in [1.165, 1.54) is 7.11 Å². The maximum absolute atomic E-state index is 12.6. The summed E-state index contributed by atoms with van der Waals surface area (Å²) in [6, 6.07) is 13.5. The average Bonchev–Trinajstić information content (AvgIpc) is 3.26. The molecule has 0 amide bonds. The summed E-state index contributed by atoms with van der Waals surface area (Å²) in [5, 5.41) is 3.31. The molecule has 3 heterocycles. The third kappa shape index (κ3) is 4.15. The predicted molar refractivity (Wildman–Crippen MR) is 131 cm³/mol. The minimum atomic E-state index is -0.619. The van der Waals surface area contributed by atoms with Gasteiger partial charge in [0.25, 0.3) is 0 Å². The van der Waals surface area contributed by atoms with Crippen LogP contribution in [0.2, 0.25) is 5.15 Å². The molecule has 1 aliphatic rings. The molecule has 2 aromatic heterocycles. The van der Waals surface area contributed by atoms with Gasteiger partial charge in [-0.05, 0) is 30.3 Å². The van der Waals surface area contributed by atoms with Crippen molar-refractivity contribution in [2.75, 3.05) is 43.6 Å². The lowest BCUT2D eigenvalue weighted by molar-refractivity contribution is 0.0595. The van der Waals surface area contributed by atoms with Crippen LogP contribution in [0.25, 0.3) is 22.3 Å². The number of carbonyl (C=O) groups excluding carboxylic acids is 1. The first-order chi connectivity index (χ1) is 16.5. The lowest BCUT2D eigenvalue weighted by Gasteiger charge is -2.28. The van der Waals surface area contributed by atoms with Gasteiger partial charge in [-0.25, -0.2) is 19.7 Å². The number of imidazole rings is 1. The highest BCUT2D eigenvalue weighted by atomic mass is 35.5. The van der Waals surface area contributed by atoms with Crippen LogP contribution in [0.5, 0.6) is 0 Å². The fourth-order valence-electron chi connectivity index (χ4n) is 3.98. The number of benzene rings is 2. The SMILES string of the molecule is COC(=O)c1nc(-c2cccc3c2ncn3C)c(Cl)nc1Nc1ccc(N2CCOCC2)cc1. The van der Waals surface area contributed by atoms with Gasteiger partial charge in [-0.15, -0.1) is 0 Å². The number of para-hydroxylation sites is 1. The van der Waals surface area contributed by atoms with Crippen molar-refractivity contribution in [3.63, 3.8) is 0 Å². The Morgan fingerprint density at radius 3 is 2.62 bits per heavy atom. The van der Waals surface area contributed by atoms with E-state index in [1.54, 1.807) is 6.33 Å². The van der Waals surface area contributed by atoms with Gasteiger partial charge in [-0.3, -0.25) is 0 Å². The molecule has 1 fully saturated rings. The Labute approximate surface area is 201 Å². The fourth-order valence-corrected chi connectivity index (χ4v) is 4.20. The lowest BCUT2D eigenvalue weighted by Crippen LogP contribution is -2.36. The van der Waals surface area contributed by atoms with Crippen molar-refractivity contribution in [3.05, 3.63) is 59.6 Å². The summed E-state index contributed by atoms with van der Waals surface area (Å²) in [5.74, 6) is -0.404. The molecular formula is C24H23ClN6O3. The summed E-state index contributed by atoms with van der Waals surface area (Å²) < 4.78 is 12.3. The van der Waals surface area contributed by atoms with Crippen molar-refractivity contribution in [3.8, 4) is 11.3 Å². The molecule has 0 aliphatic carbocycles. The number of methoxy groups -OCH3 is 1. The van der Waals surface area contributed by atoms with Gasteiger partial charge >= 0.3 is 5.97 Å². The number of aromatic nitrogens is 4. The van der Waals surface area contributed by atoms with Gasteiger partial charge in [0.2, 0.25) is 0 Å². The number of halogens is 1. The second-order valence-electron chi connectivity index (χ2n) is 7.85. The monoisotopic (exact) mass is 478 g/mol. The molecule has 0 spiro atoms. The van der Waals surface area contributed by atoms with Gasteiger partial charge in [-0.2, -0.15) is 0 Å². The van der Waals surface area contributed by atoms with E-state index in [0.29, 0.717) is 11.3 Å². The zero-order valence-corrected chi connectivity index (χ0v) is 19.5. The van der Waals surface area contributed by atoms with Crippen molar-refractivity contribution in [1.82, 2.24) is 19.5 Å². The Kier molecular flexibility index (Phi) is 6.04. The molecule has 9 nitrogen and oxygen atoms in total. The van der Waals surface area contributed by atoms with Crippen LogP contribution in [0.3, 0.4) is 0 Å². The lowest BCUT2D eigenvalue weighted by atomic mass is 10.1. The summed E-state index contributed by atoms with van der Waals surface area (Å²) >= 11 is 6.57. The Balaban J connectivity index is 1.50. The molecule has 1 saturated heterocycles. The highest BCUT2D eigenvalue weighted by Crippen LogP contribution is 2.33. The average molecular weight is 479 g/mol. The van der Waals surface area contributed by atoms with Crippen LogP contribution in [0.15, 0.2) is 48.8 Å². The normalized spacial score (nSPS) is 13.8. The van der Waals surface area contributed by atoms with E-state index in [9.17, 15) is 4.79 Å². The molecule has 1 aliphatic heterocycles. The molecule has 10 heteroatoms. The van der Waals surface area contributed by atoms with Crippen molar-refractivity contribution >= 4 is 45.8 Å². The van der Waals surface area contributed by atoms with E-state index in [0.717, 1.165) is 48.7 Å². The third-order valence-corrected chi connectivity index (χ3v) is 6.01. The molecule has 0 radical (unpaired) electrons. The Bertz CT molecular complexity index is 1350. The molecule has 0 unspecified atom stereocenters. The van der Waals surface area contributed by atoms with Crippen LogP contribution in [-0.4, -0.2) is 58.9 Å². The first-order valence-electron chi connectivity index (χ1n) is 10.8. The smallest absolute Gasteiger partial charge is 0.360 e. The minimum Gasteiger partial charge on any atom is -0.464 e. The summed E-state index contributed by atoms with van der Waals surface area (Å²) in [6.07, 6.45) is 1.72. The molecular weight excluding hydrogens is 456 g/mol. The molecule has 2 aromatic carbocycles. The van der Waals surface area contributed by atoms with Gasteiger partial charge in [-0.1, -0.05) is 23.7 Å². The van der Waals surface area contributed by atoms with Gasteiger partial charge < -0.3 is 24.3 Å². The van der Waals surface area contributed by atoms with Crippen LogP contribution in [0.4, 0.5) is 17.2 Å². The molecule has 0 atom stereocenters. The number of carbonyl (C=O) groups is 1. The predicted octanol–water partition coefficient (Wildman–Crippen LogP) is 4.05. The van der Waals surface area contributed by atoms with Crippen LogP contribution < -0.4 is 10.2 Å². The fraction of sp³-hybridized carbons (Fsp3) is 0.250. The van der Waals surface area contributed by atoms with E-state index >= 15 is 0 Å². The van der Waals surface area contributed by atoms with E-state index in [-0.39, 0.29) is 16.7 Å². The summed E-state index contributed by atoms with van der Waals surface area (Å²) in [7, 11) is 3.21. The van der Waals surface area contributed by atoms with E-state index in [1.807, 2.05) is 54.1 Å². The maximum atomic E-state index is 12.6. The van der Waals surface area contributed by atoms with Crippen LogP contribution in [-0.2, 0) is 16.5 Å². The molecule has 0 saturated carbocycles. The molecule has 5 rings (SSSR count). The van der Waals surface area contributed by atoms with E-state index < -0.39 is 5.97 Å². The molecule has 174 valence electrons. The van der Waals surface area contributed by atoms with Crippen molar-refractivity contribution in [1.29, 1.82) is 0 Å². The number of fused-ring (bicyclic) bond motifs is 1. The maximum Gasteiger partial charge on any atom is 0.360 e. The second-order valence-corrected chi connectivity index (χ2v) is 8.21. The number of anilines is 3. The van der Waals surface area contributed by atoms with Crippen LogP contribution in [0.1, 0.15) is 10.5 Å². The summed E-state index contributed by atoms with van der Waals surface area (Å²) in [6.45, 7) is 3.14. The Morgan fingerprint density at radius 1 is 1.12 bits per heavy atom. The highest BCUT2D eigenvalue weighted by Gasteiger charge is 2.22. The van der Waals surface area contributed by atoms with Crippen molar-refractivity contribution in [2.24, 2.45) is 7.05 Å².